The lowest BCUT2D eigenvalue weighted by Crippen LogP contribution is -2.38. The van der Waals surface area contributed by atoms with E-state index in [2.05, 4.69) is 47.3 Å². The summed E-state index contributed by atoms with van der Waals surface area (Å²) in [5.74, 6) is 0.521. The van der Waals surface area contributed by atoms with E-state index in [0.29, 0.717) is 16.0 Å². The Labute approximate surface area is 182 Å². The molecule has 1 aliphatic heterocycles. The minimum atomic E-state index is -0.482. The molecule has 154 valence electrons. The fourth-order valence-corrected chi connectivity index (χ4v) is 6.01. The van der Waals surface area contributed by atoms with Gasteiger partial charge >= 0.3 is 0 Å². The van der Waals surface area contributed by atoms with Crippen molar-refractivity contribution in [3.05, 3.63) is 54.4 Å². The fraction of sp³-hybridized carbons (Fsp3) is 0.476. The lowest BCUT2D eigenvalue weighted by molar-refractivity contribution is -0.385. The van der Waals surface area contributed by atoms with Crippen LogP contribution in [0, 0.1) is 21.4 Å². The van der Waals surface area contributed by atoms with Crippen LogP contribution >= 0.6 is 27.3 Å². The smallest absolute Gasteiger partial charge is 0.283 e. The van der Waals surface area contributed by atoms with Gasteiger partial charge in [-0.3, -0.25) is 14.9 Å². The first kappa shape index (κ1) is 20.3. The Morgan fingerprint density at radius 3 is 2.79 bits per heavy atom. The van der Waals surface area contributed by atoms with E-state index in [1.165, 1.54) is 16.5 Å². The van der Waals surface area contributed by atoms with Crippen LogP contribution in [0.5, 0.6) is 0 Å². The van der Waals surface area contributed by atoms with Gasteiger partial charge < -0.3 is 10.6 Å². The van der Waals surface area contributed by atoms with Crippen LogP contribution < -0.4 is 10.6 Å². The van der Waals surface area contributed by atoms with Gasteiger partial charge in [0.1, 0.15) is 11.2 Å². The number of rotatable bonds is 4. The molecule has 6 nitrogen and oxygen atoms in total. The molecule has 2 aromatic rings. The minimum Gasteiger partial charge on any atom is -0.353 e. The van der Waals surface area contributed by atoms with Crippen LogP contribution in [0.15, 0.2) is 22.7 Å². The van der Waals surface area contributed by atoms with Gasteiger partial charge in [0.25, 0.3) is 11.6 Å². The molecule has 0 spiro atoms. The Hall–Kier alpha value is -1.93. The third-order valence-electron chi connectivity index (χ3n) is 6.56. The number of halogens is 1. The first-order chi connectivity index (χ1) is 13.7. The molecule has 1 aromatic heterocycles. The number of hydrogen-bond acceptors (Lipinski definition) is 5. The van der Waals surface area contributed by atoms with E-state index in [9.17, 15) is 14.9 Å². The van der Waals surface area contributed by atoms with Crippen molar-refractivity contribution in [1.82, 2.24) is 5.32 Å². The molecule has 1 aliphatic carbocycles. The number of nitro benzene ring substituents is 1. The highest BCUT2D eigenvalue weighted by atomic mass is 79.9. The van der Waals surface area contributed by atoms with Crippen LogP contribution in [-0.4, -0.2) is 10.8 Å². The molecule has 2 aliphatic rings. The van der Waals surface area contributed by atoms with Gasteiger partial charge in [-0.15, -0.1) is 11.3 Å². The van der Waals surface area contributed by atoms with Gasteiger partial charge in [0, 0.05) is 16.5 Å². The standard InChI is InChI=1S/C21H24BrN3O3S/c1-4-21(2,3)12-6-7-13-16(10-12)29-20-17(13)19(26)23-18(24-20)11-5-8-14(22)15(9-11)25(27)28/h5,8-9,12,18,24H,4,6-7,10H2,1-3H3,(H,23,26)/t12-,18+/m1/s1. The Morgan fingerprint density at radius 2 is 2.10 bits per heavy atom. The number of nitrogens with one attached hydrogen (secondary N) is 2. The zero-order valence-corrected chi connectivity index (χ0v) is 19.1. The number of fused-ring (bicyclic) bond motifs is 3. The predicted octanol–water partition coefficient (Wildman–Crippen LogP) is 5.81. The minimum absolute atomic E-state index is 0.0144. The van der Waals surface area contributed by atoms with E-state index in [0.717, 1.165) is 36.2 Å². The monoisotopic (exact) mass is 477 g/mol. The van der Waals surface area contributed by atoms with E-state index in [4.69, 9.17) is 0 Å². The number of benzene rings is 1. The average Bonchev–Trinajstić information content (AvgIpc) is 3.06. The molecule has 2 heterocycles. The third kappa shape index (κ3) is 3.57. The summed E-state index contributed by atoms with van der Waals surface area (Å²) in [6, 6.07) is 4.93. The van der Waals surface area contributed by atoms with Crippen molar-refractivity contribution >= 4 is 43.9 Å². The van der Waals surface area contributed by atoms with Gasteiger partial charge in [-0.2, -0.15) is 0 Å². The highest BCUT2D eigenvalue weighted by Crippen LogP contribution is 2.47. The van der Waals surface area contributed by atoms with Crippen LogP contribution in [0.4, 0.5) is 10.7 Å². The largest absolute Gasteiger partial charge is 0.353 e. The van der Waals surface area contributed by atoms with Gasteiger partial charge in [0.05, 0.1) is 15.0 Å². The van der Waals surface area contributed by atoms with Crippen LogP contribution in [0.3, 0.4) is 0 Å². The van der Waals surface area contributed by atoms with E-state index in [-0.39, 0.29) is 17.0 Å². The number of anilines is 1. The van der Waals surface area contributed by atoms with Gasteiger partial charge in [0.15, 0.2) is 0 Å². The lowest BCUT2D eigenvalue weighted by Gasteiger charge is -2.36. The van der Waals surface area contributed by atoms with Crippen molar-refractivity contribution in [2.75, 3.05) is 5.32 Å². The maximum atomic E-state index is 12.9. The van der Waals surface area contributed by atoms with Gasteiger partial charge in [-0.05, 0) is 58.2 Å². The molecule has 8 heteroatoms. The molecule has 2 atom stereocenters. The van der Waals surface area contributed by atoms with Crippen molar-refractivity contribution < 1.29 is 9.72 Å². The van der Waals surface area contributed by atoms with Crippen LogP contribution in [0.25, 0.3) is 0 Å². The molecule has 0 fully saturated rings. The number of hydrogen-bond donors (Lipinski definition) is 2. The number of nitrogens with zero attached hydrogens (tertiary/aromatic N) is 1. The second-order valence-electron chi connectivity index (χ2n) is 8.51. The Balaban J connectivity index is 1.64. The molecule has 0 saturated heterocycles. The second-order valence-corrected chi connectivity index (χ2v) is 10.5. The molecular formula is C21H24BrN3O3S. The van der Waals surface area contributed by atoms with Crippen LogP contribution in [-0.2, 0) is 12.8 Å². The molecule has 0 unspecified atom stereocenters. The molecule has 2 N–H and O–H groups in total. The van der Waals surface area contributed by atoms with Crippen LogP contribution in [0.1, 0.15) is 66.1 Å². The number of thiophene rings is 1. The number of carbonyl (C=O) groups is 1. The summed E-state index contributed by atoms with van der Waals surface area (Å²) in [4.78, 5) is 25.1. The second kappa shape index (κ2) is 7.40. The topological polar surface area (TPSA) is 84.3 Å². The summed E-state index contributed by atoms with van der Waals surface area (Å²) in [5, 5.41) is 18.5. The Bertz CT molecular complexity index is 1000. The fourth-order valence-electron chi connectivity index (χ4n) is 4.27. The summed E-state index contributed by atoms with van der Waals surface area (Å²) in [5.41, 5.74) is 2.88. The SMILES string of the molecule is CCC(C)(C)[C@@H]1CCc2c(sc3c2C(=O)N[C@H](c2ccc(Br)c([N+](=O)[O-])c2)N3)C1. The lowest BCUT2D eigenvalue weighted by atomic mass is 9.69. The number of nitro groups is 1. The molecule has 0 radical (unpaired) electrons. The highest BCUT2D eigenvalue weighted by molar-refractivity contribution is 9.10. The maximum absolute atomic E-state index is 12.9. The third-order valence-corrected chi connectivity index (χ3v) is 8.42. The van der Waals surface area contributed by atoms with Crippen molar-refractivity contribution in [1.29, 1.82) is 0 Å². The first-order valence-corrected chi connectivity index (χ1v) is 11.5. The zero-order chi connectivity index (χ0) is 20.9. The van der Waals surface area contributed by atoms with E-state index in [1.54, 1.807) is 23.5 Å². The van der Waals surface area contributed by atoms with E-state index < -0.39 is 11.1 Å². The van der Waals surface area contributed by atoms with Gasteiger partial charge in [0.2, 0.25) is 0 Å². The van der Waals surface area contributed by atoms with Crippen molar-refractivity contribution in [3.63, 3.8) is 0 Å². The molecule has 0 bridgehead atoms. The zero-order valence-electron chi connectivity index (χ0n) is 16.7. The van der Waals surface area contributed by atoms with Crippen molar-refractivity contribution in [2.24, 2.45) is 11.3 Å². The number of amides is 1. The molecule has 1 aromatic carbocycles. The van der Waals surface area contributed by atoms with Gasteiger partial charge in [-0.25, -0.2) is 0 Å². The Morgan fingerprint density at radius 1 is 1.34 bits per heavy atom. The van der Waals surface area contributed by atoms with Gasteiger partial charge in [-0.1, -0.05) is 33.3 Å². The van der Waals surface area contributed by atoms with Crippen molar-refractivity contribution in [2.45, 2.75) is 52.6 Å². The maximum Gasteiger partial charge on any atom is 0.283 e. The quantitative estimate of drug-likeness (QED) is 0.429. The van der Waals surface area contributed by atoms with E-state index in [1.807, 2.05) is 0 Å². The van der Waals surface area contributed by atoms with Crippen molar-refractivity contribution in [3.8, 4) is 0 Å². The van der Waals surface area contributed by atoms with E-state index >= 15 is 0 Å². The molecule has 4 rings (SSSR count). The first-order valence-electron chi connectivity index (χ1n) is 9.87. The molecule has 0 saturated carbocycles. The highest BCUT2D eigenvalue weighted by Gasteiger charge is 2.37. The Kier molecular flexibility index (Phi) is 5.19. The average molecular weight is 478 g/mol. The summed E-state index contributed by atoms with van der Waals surface area (Å²) in [6.07, 6.45) is 3.70. The summed E-state index contributed by atoms with van der Waals surface area (Å²) in [7, 11) is 0. The molecule has 1 amide bonds. The predicted molar refractivity (Wildman–Crippen MR) is 119 cm³/mol. The molecule has 29 heavy (non-hydrogen) atoms. The number of carbonyl (C=O) groups excluding carboxylic acids is 1. The normalized spacial score (nSPS) is 21.0. The molecular weight excluding hydrogens is 454 g/mol. The summed E-state index contributed by atoms with van der Waals surface area (Å²) in [6.45, 7) is 6.90. The van der Waals surface area contributed by atoms with Crippen LogP contribution in [0.2, 0.25) is 0 Å². The summed E-state index contributed by atoms with van der Waals surface area (Å²) < 4.78 is 0.422. The summed E-state index contributed by atoms with van der Waals surface area (Å²) >= 11 is 4.88.